The van der Waals surface area contributed by atoms with Crippen LogP contribution in [0, 0.1) is 0 Å². The average molecular weight is 307 g/mol. The Balaban J connectivity index is 2.35. The number of anilines is 1. The largest absolute Gasteiger partial charge is 0.381 e. The number of hydrogen-bond donors (Lipinski definition) is 1. The minimum Gasteiger partial charge on any atom is -0.381 e. The zero-order valence-corrected chi connectivity index (χ0v) is 11.4. The number of nitrogen functional groups attached to an aromatic ring is 1. The predicted molar refractivity (Wildman–Crippen MR) is 72.0 cm³/mol. The highest BCUT2D eigenvalue weighted by Gasteiger charge is 2.10. The van der Waals surface area contributed by atoms with Gasteiger partial charge in [-0.1, -0.05) is 52.6 Å². The van der Waals surface area contributed by atoms with Crippen molar-refractivity contribution < 1.29 is 0 Å². The summed E-state index contributed by atoms with van der Waals surface area (Å²) in [6.07, 6.45) is 1.43. The van der Waals surface area contributed by atoms with Crippen molar-refractivity contribution in [3.05, 3.63) is 39.6 Å². The Hall–Kier alpha value is -0.680. The molecule has 3 nitrogen and oxygen atoms in total. The van der Waals surface area contributed by atoms with Crippen molar-refractivity contribution in [1.29, 1.82) is 0 Å². The number of hydrogen-bond acceptors (Lipinski definition) is 4. The minimum absolute atomic E-state index is 0.254. The third-order valence-corrected chi connectivity index (χ3v) is 4.04. The molecule has 0 fully saturated rings. The zero-order chi connectivity index (χ0) is 12.4. The molecule has 7 heteroatoms. The number of nitrogens with two attached hydrogens (primary N) is 1. The van der Waals surface area contributed by atoms with Crippen molar-refractivity contribution in [3.63, 3.8) is 0 Å². The molecule has 0 aliphatic rings. The summed E-state index contributed by atoms with van der Waals surface area (Å²) < 4.78 is 0. The highest BCUT2D eigenvalue weighted by atomic mass is 35.5. The summed E-state index contributed by atoms with van der Waals surface area (Å²) in [5, 5.41) is 1.75. The van der Waals surface area contributed by atoms with Gasteiger partial charge in [-0.05, 0) is 12.1 Å². The Morgan fingerprint density at radius 1 is 1.18 bits per heavy atom. The van der Waals surface area contributed by atoms with E-state index in [9.17, 15) is 0 Å². The monoisotopic (exact) mass is 305 g/mol. The van der Waals surface area contributed by atoms with E-state index >= 15 is 0 Å². The normalized spacial score (nSPS) is 10.5. The summed E-state index contributed by atoms with van der Waals surface area (Å²) in [4.78, 5) is 8.76. The van der Waals surface area contributed by atoms with Gasteiger partial charge in [0.2, 0.25) is 0 Å². The molecule has 1 aromatic heterocycles. The van der Waals surface area contributed by atoms with Crippen LogP contribution >= 0.6 is 46.6 Å². The molecule has 0 bridgehead atoms. The van der Waals surface area contributed by atoms with Crippen molar-refractivity contribution in [1.82, 2.24) is 9.97 Å². The molecule has 1 heterocycles. The van der Waals surface area contributed by atoms with E-state index in [1.54, 1.807) is 12.1 Å². The number of rotatable bonds is 2. The molecule has 2 aromatic rings. The van der Waals surface area contributed by atoms with Gasteiger partial charge < -0.3 is 5.73 Å². The van der Waals surface area contributed by atoms with Crippen LogP contribution in [0.15, 0.2) is 34.3 Å². The van der Waals surface area contributed by atoms with E-state index in [4.69, 9.17) is 40.5 Å². The fourth-order valence-corrected chi connectivity index (χ4v) is 2.54. The molecule has 17 heavy (non-hydrogen) atoms. The van der Waals surface area contributed by atoms with E-state index in [1.165, 1.54) is 18.0 Å². The van der Waals surface area contributed by atoms with Gasteiger partial charge in [-0.25, -0.2) is 9.97 Å². The van der Waals surface area contributed by atoms with Gasteiger partial charge in [-0.3, -0.25) is 0 Å². The Kier molecular flexibility index (Phi) is 3.99. The van der Waals surface area contributed by atoms with Crippen LogP contribution in [-0.2, 0) is 0 Å². The second kappa shape index (κ2) is 5.31. The van der Waals surface area contributed by atoms with Crippen molar-refractivity contribution in [3.8, 4) is 0 Å². The second-order valence-electron chi connectivity index (χ2n) is 3.04. The lowest BCUT2D eigenvalue weighted by Crippen LogP contribution is -1.95. The predicted octanol–water partition coefficient (Wildman–Crippen LogP) is 4.17. The first-order valence-electron chi connectivity index (χ1n) is 4.48. The van der Waals surface area contributed by atoms with Crippen LogP contribution in [0.5, 0.6) is 0 Å². The van der Waals surface area contributed by atoms with Gasteiger partial charge in [0.15, 0.2) is 5.82 Å². The van der Waals surface area contributed by atoms with Gasteiger partial charge in [0.05, 0.1) is 16.2 Å². The molecule has 0 saturated heterocycles. The highest BCUT2D eigenvalue weighted by molar-refractivity contribution is 7.99. The average Bonchev–Trinajstić information content (AvgIpc) is 2.28. The first-order chi connectivity index (χ1) is 8.08. The van der Waals surface area contributed by atoms with Crippen molar-refractivity contribution in [2.45, 2.75) is 9.92 Å². The Bertz CT molecular complexity index is 562. The first kappa shape index (κ1) is 12.8. The van der Waals surface area contributed by atoms with Crippen molar-refractivity contribution >= 4 is 52.4 Å². The van der Waals surface area contributed by atoms with Crippen LogP contribution in [0.4, 0.5) is 5.82 Å². The molecule has 88 valence electrons. The molecule has 0 atom stereocenters. The summed E-state index contributed by atoms with van der Waals surface area (Å²) in [7, 11) is 0. The first-order valence-corrected chi connectivity index (χ1v) is 6.43. The summed E-state index contributed by atoms with van der Waals surface area (Å²) in [6, 6.07) is 5.34. The lowest BCUT2D eigenvalue weighted by molar-refractivity contribution is 1.07. The van der Waals surface area contributed by atoms with Gasteiger partial charge in [0.25, 0.3) is 0 Å². The van der Waals surface area contributed by atoms with Gasteiger partial charge in [-0.2, -0.15) is 0 Å². The highest BCUT2D eigenvalue weighted by Crippen LogP contribution is 2.37. The Morgan fingerprint density at radius 3 is 2.65 bits per heavy atom. The summed E-state index contributed by atoms with van der Waals surface area (Å²) in [5.41, 5.74) is 5.70. The molecule has 2 N–H and O–H groups in total. The van der Waals surface area contributed by atoms with Crippen molar-refractivity contribution in [2.24, 2.45) is 0 Å². The van der Waals surface area contributed by atoms with Gasteiger partial charge in [0.1, 0.15) is 10.2 Å². The van der Waals surface area contributed by atoms with Crippen LogP contribution in [0.2, 0.25) is 15.2 Å². The molecular weight excluding hydrogens is 301 g/mol. The molecule has 0 amide bonds. The minimum atomic E-state index is 0.254. The quantitative estimate of drug-likeness (QED) is 0.904. The SMILES string of the molecule is Nc1nc(Cl)cnc1Sc1cccc(Cl)c1Cl. The lowest BCUT2D eigenvalue weighted by Gasteiger charge is -2.06. The van der Waals surface area contributed by atoms with Crippen molar-refractivity contribution in [2.75, 3.05) is 5.73 Å². The maximum absolute atomic E-state index is 6.06. The molecular formula is C10H6Cl3N3S. The van der Waals surface area contributed by atoms with Crippen LogP contribution < -0.4 is 5.73 Å². The molecule has 0 unspecified atom stereocenters. The van der Waals surface area contributed by atoms with Crippen LogP contribution in [-0.4, -0.2) is 9.97 Å². The van der Waals surface area contributed by atoms with E-state index in [0.717, 1.165) is 4.90 Å². The molecule has 0 spiro atoms. The van der Waals surface area contributed by atoms with Gasteiger partial charge in [0, 0.05) is 4.90 Å². The smallest absolute Gasteiger partial charge is 0.158 e. The number of nitrogens with zero attached hydrogens (tertiary/aromatic N) is 2. The van der Waals surface area contributed by atoms with E-state index in [1.807, 2.05) is 6.07 Å². The van der Waals surface area contributed by atoms with Crippen LogP contribution in [0.25, 0.3) is 0 Å². The van der Waals surface area contributed by atoms with Crippen LogP contribution in [0.3, 0.4) is 0 Å². The van der Waals surface area contributed by atoms with Gasteiger partial charge in [-0.15, -0.1) is 0 Å². The zero-order valence-electron chi connectivity index (χ0n) is 8.32. The van der Waals surface area contributed by atoms with Crippen LogP contribution in [0.1, 0.15) is 0 Å². The molecule has 0 radical (unpaired) electrons. The summed E-state index contributed by atoms with van der Waals surface area (Å²) >= 11 is 18.9. The maximum Gasteiger partial charge on any atom is 0.158 e. The van der Waals surface area contributed by atoms with E-state index in [2.05, 4.69) is 9.97 Å². The fraction of sp³-hybridized carbons (Fsp3) is 0. The Labute approximate surface area is 117 Å². The number of halogens is 3. The summed E-state index contributed by atoms with van der Waals surface area (Å²) in [5.74, 6) is 0.263. The van der Waals surface area contributed by atoms with E-state index < -0.39 is 0 Å². The number of benzene rings is 1. The molecule has 0 aliphatic heterocycles. The third kappa shape index (κ3) is 2.96. The van der Waals surface area contributed by atoms with E-state index in [0.29, 0.717) is 15.1 Å². The summed E-state index contributed by atoms with van der Waals surface area (Å²) in [6.45, 7) is 0. The molecule has 1 aromatic carbocycles. The third-order valence-electron chi connectivity index (χ3n) is 1.86. The topological polar surface area (TPSA) is 51.8 Å². The van der Waals surface area contributed by atoms with E-state index in [-0.39, 0.29) is 11.0 Å². The molecule has 2 rings (SSSR count). The lowest BCUT2D eigenvalue weighted by atomic mass is 10.4. The Morgan fingerprint density at radius 2 is 1.94 bits per heavy atom. The number of aromatic nitrogens is 2. The maximum atomic E-state index is 6.06. The fourth-order valence-electron chi connectivity index (χ4n) is 1.12. The van der Waals surface area contributed by atoms with Gasteiger partial charge >= 0.3 is 0 Å². The standard InChI is InChI=1S/C10H6Cl3N3S/c11-5-2-1-3-6(8(5)13)17-10-9(14)16-7(12)4-15-10/h1-4H,(H2,14,16). The second-order valence-corrected chi connectivity index (χ2v) is 5.24. The molecule has 0 aliphatic carbocycles. The molecule has 0 saturated carbocycles.